The van der Waals surface area contributed by atoms with Gasteiger partial charge in [-0.25, -0.2) is 0 Å². The number of amides is 1. The summed E-state index contributed by atoms with van der Waals surface area (Å²) in [4.78, 5) is 14.8. The fourth-order valence-electron chi connectivity index (χ4n) is 4.02. The van der Waals surface area contributed by atoms with Gasteiger partial charge < -0.3 is 14.8 Å². The number of fused-ring (bicyclic) bond motifs is 1. The molecule has 1 amide bonds. The smallest absolute Gasteiger partial charge is 0.224 e. The topological polar surface area (TPSA) is 37.3 Å². The van der Waals surface area contributed by atoms with Crippen LogP contribution >= 0.6 is 0 Å². The fourth-order valence-corrected chi connectivity index (χ4v) is 4.02. The molecule has 138 valence electrons. The van der Waals surface area contributed by atoms with Gasteiger partial charge in [-0.15, -0.1) is 0 Å². The number of nitrogens with one attached hydrogen (secondary N) is 1. The second-order valence-corrected chi connectivity index (χ2v) is 8.46. The Morgan fingerprint density at radius 3 is 2.62 bits per heavy atom. The lowest BCUT2D eigenvalue weighted by Crippen LogP contribution is -2.23. The number of carbonyl (C=O) groups is 1. The van der Waals surface area contributed by atoms with Gasteiger partial charge in [0, 0.05) is 42.8 Å². The Kier molecular flexibility index (Phi) is 4.29. The first-order valence-corrected chi connectivity index (χ1v) is 9.74. The van der Waals surface area contributed by atoms with Crippen LogP contribution in [-0.4, -0.2) is 17.0 Å². The van der Waals surface area contributed by atoms with Gasteiger partial charge in [-0.1, -0.05) is 6.92 Å². The number of carbonyl (C=O) groups excluding carboxylic acids is 1. The van der Waals surface area contributed by atoms with Gasteiger partial charge in [0.15, 0.2) is 0 Å². The van der Waals surface area contributed by atoms with Gasteiger partial charge in [0.25, 0.3) is 0 Å². The van der Waals surface area contributed by atoms with Crippen LogP contribution in [0.3, 0.4) is 0 Å². The SMILES string of the molecule is Cc1cc(N2CCCn3cccc3C2)cc(C)c1NC(=O)CC1(C)CC1. The van der Waals surface area contributed by atoms with E-state index < -0.39 is 0 Å². The highest BCUT2D eigenvalue weighted by Gasteiger charge is 2.39. The largest absolute Gasteiger partial charge is 0.366 e. The van der Waals surface area contributed by atoms with Crippen molar-refractivity contribution in [3.05, 3.63) is 47.3 Å². The van der Waals surface area contributed by atoms with Gasteiger partial charge in [-0.3, -0.25) is 4.79 Å². The zero-order chi connectivity index (χ0) is 18.3. The van der Waals surface area contributed by atoms with Crippen LogP contribution in [0.5, 0.6) is 0 Å². The molecular weight excluding hydrogens is 322 g/mol. The number of benzene rings is 1. The first-order chi connectivity index (χ1) is 12.4. The molecule has 1 fully saturated rings. The van der Waals surface area contributed by atoms with Crippen molar-refractivity contribution in [3.8, 4) is 0 Å². The predicted molar refractivity (Wildman–Crippen MR) is 107 cm³/mol. The van der Waals surface area contributed by atoms with Crippen LogP contribution in [0.15, 0.2) is 30.5 Å². The van der Waals surface area contributed by atoms with Crippen LogP contribution in [0, 0.1) is 19.3 Å². The second kappa shape index (κ2) is 6.49. The molecule has 0 atom stereocenters. The number of anilines is 2. The Morgan fingerprint density at radius 1 is 1.19 bits per heavy atom. The Bertz CT molecular complexity index is 809. The maximum atomic E-state index is 12.4. The van der Waals surface area contributed by atoms with Crippen LogP contribution in [0.4, 0.5) is 11.4 Å². The number of rotatable bonds is 4. The second-order valence-electron chi connectivity index (χ2n) is 8.46. The van der Waals surface area contributed by atoms with Crippen molar-refractivity contribution < 1.29 is 4.79 Å². The summed E-state index contributed by atoms with van der Waals surface area (Å²) in [6, 6.07) is 8.79. The van der Waals surface area contributed by atoms with E-state index in [-0.39, 0.29) is 11.3 Å². The lowest BCUT2D eigenvalue weighted by molar-refractivity contribution is -0.117. The summed E-state index contributed by atoms with van der Waals surface area (Å²) in [7, 11) is 0. The lowest BCUT2D eigenvalue weighted by Gasteiger charge is -2.25. The molecular formula is C22H29N3O. The molecule has 1 saturated carbocycles. The van der Waals surface area contributed by atoms with E-state index in [2.05, 4.69) is 66.0 Å². The first kappa shape index (κ1) is 17.2. The number of hydrogen-bond donors (Lipinski definition) is 1. The van der Waals surface area contributed by atoms with Gasteiger partial charge in [0.2, 0.25) is 5.91 Å². The molecule has 1 aliphatic carbocycles. The van der Waals surface area contributed by atoms with Gasteiger partial charge in [-0.2, -0.15) is 0 Å². The summed E-state index contributed by atoms with van der Waals surface area (Å²) < 4.78 is 2.35. The molecule has 26 heavy (non-hydrogen) atoms. The fraction of sp³-hybridized carbons (Fsp3) is 0.500. The van der Waals surface area contributed by atoms with Crippen LogP contribution < -0.4 is 10.2 Å². The van der Waals surface area contributed by atoms with Crippen molar-refractivity contribution in [3.63, 3.8) is 0 Å². The van der Waals surface area contributed by atoms with E-state index in [9.17, 15) is 4.79 Å². The van der Waals surface area contributed by atoms with E-state index in [1.807, 2.05) is 0 Å². The van der Waals surface area contributed by atoms with Gasteiger partial charge in [0.05, 0.1) is 6.54 Å². The number of aromatic nitrogens is 1. The molecule has 0 radical (unpaired) electrons. The van der Waals surface area contributed by atoms with Crippen LogP contribution in [0.2, 0.25) is 0 Å². The van der Waals surface area contributed by atoms with E-state index in [1.54, 1.807) is 0 Å². The van der Waals surface area contributed by atoms with Crippen molar-refractivity contribution in [1.29, 1.82) is 0 Å². The Morgan fingerprint density at radius 2 is 1.92 bits per heavy atom. The highest BCUT2D eigenvalue weighted by atomic mass is 16.1. The predicted octanol–water partition coefficient (Wildman–Crippen LogP) is 4.64. The maximum absolute atomic E-state index is 12.4. The molecule has 0 spiro atoms. The summed E-state index contributed by atoms with van der Waals surface area (Å²) in [6.07, 6.45) is 6.31. The average molecular weight is 351 g/mol. The summed E-state index contributed by atoms with van der Waals surface area (Å²) in [5.74, 6) is 0.150. The van der Waals surface area contributed by atoms with E-state index >= 15 is 0 Å². The minimum atomic E-state index is 0.150. The van der Waals surface area contributed by atoms with Crippen molar-refractivity contribution in [2.45, 2.75) is 59.5 Å². The normalized spacial score (nSPS) is 18.2. The Balaban J connectivity index is 1.53. The number of aryl methyl sites for hydroxylation is 3. The molecule has 0 saturated heterocycles. The minimum absolute atomic E-state index is 0.150. The minimum Gasteiger partial charge on any atom is -0.366 e. The number of hydrogen-bond acceptors (Lipinski definition) is 2. The molecule has 0 unspecified atom stereocenters. The monoisotopic (exact) mass is 351 g/mol. The molecule has 4 nitrogen and oxygen atoms in total. The highest BCUT2D eigenvalue weighted by molar-refractivity contribution is 5.93. The van der Waals surface area contributed by atoms with E-state index in [0.717, 1.165) is 42.9 Å². The van der Waals surface area contributed by atoms with Gasteiger partial charge >= 0.3 is 0 Å². The number of nitrogens with zero attached hydrogens (tertiary/aromatic N) is 2. The lowest BCUT2D eigenvalue weighted by atomic mass is 10.0. The van der Waals surface area contributed by atoms with Crippen molar-refractivity contribution in [2.75, 3.05) is 16.8 Å². The molecule has 2 heterocycles. The molecule has 1 N–H and O–H groups in total. The van der Waals surface area contributed by atoms with Gasteiger partial charge in [-0.05, 0) is 73.9 Å². The molecule has 4 heteroatoms. The maximum Gasteiger partial charge on any atom is 0.224 e. The van der Waals surface area contributed by atoms with E-state index in [0.29, 0.717) is 6.42 Å². The summed E-state index contributed by atoms with van der Waals surface area (Å²) in [6.45, 7) is 9.49. The quantitative estimate of drug-likeness (QED) is 0.871. The third kappa shape index (κ3) is 3.50. The van der Waals surface area contributed by atoms with E-state index in [1.165, 1.54) is 24.2 Å². The van der Waals surface area contributed by atoms with Crippen molar-refractivity contribution >= 4 is 17.3 Å². The zero-order valence-electron chi connectivity index (χ0n) is 16.1. The molecule has 4 rings (SSSR count). The molecule has 1 aromatic carbocycles. The average Bonchev–Trinajstić information content (AvgIpc) is 3.21. The first-order valence-electron chi connectivity index (χ1n) is 9.74. The summed E-state index contributed by atoms with van der Waals surface area (Å²) >= 11 is 0. The molecule has 2 aromatic rings. The third-order valence-electron chi connectivity index (χ3n) is 5.94. The molecule has 0 bridgehead atoms. The molecule has 1 aliphatic heterocycles. The van der Waals surface area contributed by atoms with E-state index in [4.69, 9.17) is 0 Å². The van der Waals surface area contributed by atoms with Gasteiger partial charge in [0.1, 0.15) is 0 Å². The summed E-state index contributed by atoms with van der Waals surface area (Å²) in [5, 5.41) is 3.17. The highest BCUT2D eigenvalue weighted by Crippen LogP contribution is 2.48. The van der Waals surface area contributed by atoms with Crippen molar-refractivity contribution in [2.24, 2.45) is 5.41 Å². The molecule has 2 aliphatic rings. The van der Waals surface area contributed by atoms with Crippen LogP contribution in [-0.2, 0) is 17.9 Å². The van der Waals surface area contributed by atoms with Crippen LogP contribution in [0.1, 0.15) is 49.4 Å². The molecule has 1 aromatic heterocycles. The van der Waals surface area contributed by atoms with Crippen molar-refractivity contribution in [1.82, 2.24) is 4.57 Å². The zero-order valence-corrected chi connectivity index (χ0v) is 16.1. The third-order valence-corrected chi connectivity index (χ3v) is 5.94. The van der Waals surface area contributed by atoms with Crippen LogP contribution in [0.25, 0.3) is 0 Å². The standard InChI is InChI=1S/C22H29N3O/c1-16-12-19(25-11-5-10-24-9-4-6-18(24)15-25)13-17(2)21(16)23-20(26)14-22(3)7-8-22/h4,6,9,12-13H,5,7-8,10-11,14-15H2,1-3H3,(H,23,26). The Hall–Kier alpha value is -2.23. The Labute approximate surface area is 156 Å². The summed E-state index contributed by atoms with van der Waals surface area (Å²) in [5.41, 5.74) is 6.14.